The van der Waals surface area contributed by atoms with Crippen LogP contribution in [0.15, 0.2) is 24.5 Å². The number of nitrogens with one attached hydrogen (secondary N) is 1. The number of carboxylic acid groups (broad SMARTS) is 1. The Labute approximate surface area is 109 Å². The van der Waals surface area contributed by atoms with E-state index in [2.05, 4.69) is 10.3 Å². The number of primary amides is 1. The number of amides is 3. The number of urea groups is 1. The molecule has 19 heavy (non-hydrogen) atoms. The predicted molar refractivity (Wildman–Crippen MR) is 66.4 cm³/mol. The summed E-state index contributed by atoms with van der Waals surface area (Å²) in [6, 6.07) is 1.25. The Morgan fingerprint density at radius 3 is 2.68 bits per heavy atom. The molecule has 1 heterocycles. The molecule has 8 nitrogen and oxygen atoms in total. The van der Waals surface area contributed by atoms with E-state index in [1.165, 1.54) is 18.1 Å². The molecule has 0 aliphatic rings. The third-order valence-electron chi connectivity index (χ3n) is 2.34. The van der Waals surface area contributed by atoms with E-state index >= 15 is 0 Å². The molecule has 0 saturated heterocycles. The van der Waals surface area contributed by atoms with E-state index in [1.54, 1.807) is 18.3 Å². The number of hydrogen-bond donors (Lipinski definition) is 3. The van der Waals surface area contributed by atoms with E-state index in [0.29, 0.717) is 5.69 Å². The summed E-state index contributed by atoms with van der Waals surface area (Å²) in [5.74, 6) is -2.14. The zero-order valence-electron chi connectivity index (χ0n) is 10.2. The molecule has 0 saturated carbocycles. The molecule has 0 aliphatic heterocycles. The number of hydrogen-bond acceptors (Lipinski definition) is 4. The summed E-state index contributed by atoms with van der Waals surface area (Å²) in [6.07, 6.45) is 2.52. The average Bonchev–Trinajstić information content (AvgIpc) is 2.37. The first-order valence-electron chi connectivity index (χ1n) is 5.37. The van der Waals surface area contributed by atoms with Crippen LogP contribution in [0.5, 0.6) is 0 Å². The molecule has 0 unspecified atom stereocenters. The van der Waals surface area contributed by atoms with Crippen LogP contribution >= 0.6 is 0 Å². The lowest BCUT2D eigenvalue weighted by Gasteiger charge is -2.20. The zero-order chi connectivity index (χ0) is 14.4. The molecule has 3 amide bonds. The third kappa shape index (κ3) is 4.26. The van der Waals surface area contributed by atoms with Crippen molar-refractivity contribution in [2.45, 2.75) is 12.5 Å². The van der Waals surface area contributed by atoms with Crippen LogP contribution in [0.3, 0.4) is 0 Å². The number of anilines is 1. The first-order valence-corrected chi connectivity index (χ1v) is 5.37. The number of pyridine rings is 1. The number of rotatable bonds is 5. The van der Waals surface area contributed by atoms with Gasteiger partial charge in [-0.2, -0.15) is 0 Å². The summed E-state index contributed by atoms with van der Waals surface area (Å²) < 4.78 is 0. The van der Waals surface area contributed by atoms with Crippen molar-refractivity contribution in [2.24, 2.45) is 5.73 Å². The minimum atomic E-state index is -1.36. The molecule has 0 aliphatic carbocycles. The maximum absolute atomic E-state index is 11.8. The average molecular weight is 266 g/mol. The number of carbonyl (C=O) groups excluding carboxylic acids is 2. The molecule has 0 bridgehead atoms. The van der Waals surface area contributed by atoms with Crippen molar-refractivity contribution in [3.63, 3.8) is 0 Å². The molecule has 4 N–H and O–H groups in total. The highest BCUT2D eigenvalue weighted by atomic mass is 16.4. The third-order valence-corrected chi connectivity index (χ3v) is 2.34. The highest BCUT2D eigenvalue weighted by Gasteiger charge is 2.24. The van der Waals surface area contributed by atoms with Gasteiger partial charge in [-0.05, 0) is 12.1 Å². The quantitative estimate of drug-likeness (QED) is 0.665. The van der Waals surface area contributed by atoms with Gasteiger partial charge in [-0.15, -0.1) is 0 Å². The summed E-state index contributed by atoms with van der Waals surface area (Å²) in [5.41, 5.74) is 5.41. The van der Waals surface area contributed by atoms with Gasteiger partial charge in [0.25, 0.3) is 0 Å². The molecule has 0 fully saturated rings. The summed E-state index contributed by atoms with van der Waals surface area (Å²) in [5, 5.41) is 11.1. The second-order valence-corrected chi connectivity index (χ2v) is 3.78. The van der Waals surface area contributed by atoms with Crippen molar-refractivity contribution in [3.8, 4) is 0 Å². The Kier molecular flexibility index (Phi) is 4.81. The second kappa shape index (κ2) is 6.34. The molecule has 1 atom stereocenters. The molecule has 1 rings (SSSR count). The standard InChI is InChI=1S/C11H14N4O4/c1-15(7-3-2-4-13-6-7)11(19)14-8(10(17)18)5-9(12)16/h2-4,6,8H,5H2,1H3,(H2,12,16)(H,14,19)(H,17,18)/t8-/m1/s1. The normalized spacial score (nSPS) is 11.4. The monoisotopic (exact) mass is 266 g/mol. The van der Waals surface area contributed by atoms with Crippen molar-refractivity contribution in [3.05, 3.63) is 24.5 Å². The Morgan fingerprint density at radius 2 is 2.21 bits per heavy atom. The molecule has 102 valence electrons. The van der Waals surface area contributed by atoms with Crippen molar-refractivity contribution >= 4 is 23.6 Å². The van der Waals surface area contributed by atoms with Gasteiger partial charge in [0, 0.05) is 13.2 Å². The van der Waals surface area contributed by atoms with Gasteiger partial charge in [0.1, 0.15) is 6.04 Å². The highest BCUT2D eigenvalue weighted by molar-refractivity contribution is 5.95. The van der Waals surface area contributed by atoms with Crippen molar-refractivity contribution in [1.29, 1.82) is 0 Å². The van der Waals surface area contributed by atoms with Gasteiger partial charge in [-0.1, -0.05) is 0 Å². The zero-order valence-corrected chi connectivity index (χ0v) is 10.2. The number of carbonyl (C=O) groups is 3. The van der Waals surface area contributed by atoms with Gasteiger partial charge < -0.3 is 16.2 Å². The first-order chi connectivity index (χ1) is 8.91. The fourth-order valence-corrected chi connectivity index (χ4v) is 1.32. The van der Waals surface area contributed by atoms with E-state index in [9.17, 15) is 14.4 Å². The predicted octanol–water partition coefficient (Wildman–Crippen LogP) is -0.444. The van der Waals surface area contributed by atoms with Gasteiger partial charge in [-0.3, -0.25) is 14.7 Å². The smallest absolute Gasteiger partial charge is 0.326 e. The molecular formula is C11H14N4O4. The number of aliphatic carboxylic acids is 1. The van der Waals surface area contributed by atoms with E-state index in [1.807, 2.05) is 0 Å². The minimum Gasteiger partial charge on any atom is -0.480 e. The number of aromatic nitrogens is 1. The van der Waals surface area contributed by atoms with Crippen LogP contribution in [0.1, 0.15) is 6.42 Å². The van der Waals surface area contributed by atoms with E-state index in [4.69, 9.17) is 10.8 Å². The van der Waals surface area contributed by atoms with Crippen molar-refractivity contribution in [2.75, 3.05) is 11.9 Å². The maximum Gasteiger partial charge on any atom is 0.326 e. The lowest BCUT2D eigenvalue weighted by atomic mass is 10.2. The number of nitrogens with zero attached hydrogens (tertiary/aromatic N) is 2. The van der Waals surface area contributed by atoms with Crippen LogP contribution in [-0.4, -0.2) is 41.1 Å². The maximum atomic E-state index is 11.8. The summed E-state index contributed by atoms with van der Waals surface area (Å²) >= 11 is 0. The molecule has 0 spiro atoms. The van der Waals surface area contributed by atoms with Gasteiger partial charge >= 0.3 is 12.0 Å². The SMILES string of the molecule is CN(C(=O)N[C@H](CC(N)=O)C(=O)O)c1cccnc1. The van der Waals surface area contributed by atoms with E-state index in [0.717, 1.165) is 0 Å². The van der Waals surface area contributed by atoms with Gasteiger partial charge in [0.2, 0.25) is 5.91 Å². The lowest BCUT2D eigenvalue weighted by molar-refractivity contribution is -0.140. The van der Waals surface area contributed by atoms with Gasteiger partial charge in [0.05, 0.1) is 18.3 Å². The van der Waals surface area contributed by atoms with Crippen LogP contribution in [0.4, 0.5) is 10.5 Å². The van der Waals surface area contributed by atoms with E-state index < -0.39 is 30.4 Å². The molecule has 1 aromatic heterocycles. The molecule has 8 heteroatoms. The fraction of sp³-hybridized carbons (Fsp3) is 0.273. The van der Waals surface area contributed by atoms with E-state index in [-0.39, 0.29) is 0 Å². The summed E-state index contributed by atoms with van der Waals surface area (Å²) in [7, 11) is 1.45. The topological polar surface area (TPSA) is 126 Å². The first kappa shape index (κ1) is 14.4. The largest absolute Gasteiger partial charge is 0.480 e. The van der Waals surface area contributed by atoms with Crippen molar-refractivity contribution in [1.82, 2.24) is 10.3 Å². The Bertz CT molecular complexity index is 477. The lowest BCUT2D eigenvalue weighted by Crippen LogP contribution is -2.48. The van der Waals surface area contributed by atoms with Crippen LogP contribution < -0.4 is 16.0 Å². The Balaban J connectivity index is 2.72. The van der Waals surface area contributed by atoms with Crippen LogP contribution in [-0.2, 0) is 9.59 Å². The van der Waals surface area contributed by atoms with Crippen LogP contribution in [0.25, 0.3) is 0 Å². The molecule has 0 radical (unpaired) electrons. The Hall–Kier alpha value is -2.64. The number of carboxylic acids is 1. The van der Waals surface area contributed by atoms with Crippen LogP contribution in [0, 0.1) is 0 Å². The molecule has 1 aromatic rings. The summed E-state index contributed by atoms with van der Waals surface area (Å²) in [6.45, 7) is 0. The van der Waals surface area contributed by atoms with Gasteiger partial charge in [0.15, 0.2) is 0 Å². The molecule has 0 aromatic carbocycles. The van der Waals surface area contributed by atoms with Gasteiger partial charge in [-0.25, -0.2) is 9.59 Å². The minimum absolute atomic E-state index is 0.470. The van der Waals surface area contributed by atoms with Crippen molar-refractivity contribution < 1.29 is 19.5 Å². The summed E-state index contributed by atoms with van der Waals surface area (Å²) in [4.78, 5) is 38.4. The molecular weight excluding hydrogens is 252 g/mol. The highest BCUT2D eigenvalue weighted by Crippen LogP contribution is 2.09. The number of nitrogens with two attached hydrogens (primary N) is 1. The fourth-order valence-electron chi connectivity index (χ4n) is 1.32. The Morgan fingerprint density at radius 1 is 1.53 bits per heavy atom. The second-order valence-electron chi connectivity index (χ2n) is 3.78. The van der Waals surface area contributed by atoms with Crippen LogP contribution in [0.2, 0.25) is 0 Å².